The zero-order valence-electron chi connectivity index (χ0n) is 15.3. The average molecular weight is 371 g/mol. The average Bonchev–Trinajstić information content (AvgIpc) is 2.68. The lowest BCUT2D eigenvalue weighted by Crippen LogP contribution is -2.34. The fourth-order valence-corrected chi connectivity index (χ4v) is 2.59. The number of methoxy groups -OCH3 is 1. The van der Waals surface area contributed by atoms with Gasteiger partial charge in [-0.05, 0) is 42.4 Å². The number of hydrogen-bond acceptors (Lipinski definition) is 4. The Morgan fingerprint density at radius 2 is 1.88 bits per heavy atom. The number of nitrogens with one attached hydrogen (secondary N) is 2. The van der Waals surface area contributed by atoms with Crippen LogP contribution in [0, 0.1) is 0 Å². The summed E-state index contributed by atoms with van der Waals surface area (Å²) in [7, 11) is 1.65. The molecule has 0 aliphatic rings. The summed E-state index contributed by atoms with van der Waals surface area (Å²) in [5.74, 6) is 0. The van der Waals surface area contributed by atoms with Crippen LogP contribution in [0.5, 0.6) is 0 Å². The van der Waals surface area contributed by atoms with Gasteiger partial charge in [-0.2, -0.15) is 5.10 Å². The van der Waals surface area contributed by atoms with Crippen LogP contribution in [0.2, 0.25) is 0 Å². The van der Waals surface area contributed by atoms with Gasteiger partial charge in [-0.3, -0.25) is 5.43 Å². The van der Waals surface area contributed by atoms with Crippen LogP contribution >= 0.6 is 12.2 Å². The Kier molecular flexibility index (Phi) is 8.59. The highest BCUT2D eigenvalue weighted by Crippen LogP contribution is 2.17. The maximum Gasteiger partial charge on any atom is 0.187 e. The standard InChI is InChI=1S/C20H26N4OS/c1-3-24(16-18-7-5-4-6-8-18)19-11-9-17(10-12-19)15-22-23-20(26)21-13-14-25-2/h4-12,15H,3,13-14,16H2,1-2H3,(H2,21,23,26). The summed E-state index contributed by atoms with van der Waals surface area (Å²) in [6.45, 7) is 5.27. The summed E-state index contributed by atoms with van der Waals surface area (Å²) >= 11 is 5.12. The van der Waals surface area contributed by atoms with E-state index in [-0.39, 0.29) is 0 Å². The molecule has 2 aromatic rings. The van der Waals surface area contributed by atoms with Gasteiger partial charge in [0.15, 0.2) is 5.11 Å². The molecule has 0 aliphatic carbocycles. The van der Waals surface area contributed by atoms with Crippen molar-refractivity contribution in [2.24, 2.45) is 5.10 Å². The highest BCUT2D eigenvalue weighted by atomic mass is 32.1. The van der Waals surface area contributed by atoms with Gasteiger partial charge >= 0.3 is 0 Å². The second kappa shape index (κ2) is 11.2. The van der Waals surface area contributed by atoms with Crippen LogP contribution in [0.4, 0.5) is 5.69 Å². The van der Waals surface area contributed by atoms with Gasteiger partial charge in [0.25, 0.3) is 0 Å². The molecular formula is C20H26N4OS. The molecule has 2 aromatic carbocycles. The van der Waals surface area contributed by atoms with E-state index in [9.17, 15) is 0 Å². The fraction of sp³-hybridized carbons (Fsp3) is 0.300. The van der Waals surface area contributed by atoms with Crippen molar-refractivity contribution in [2.45, 2.75) is 13.5 Å². The summed E-state index contributed by atoms with van der Waals surface area (Å²) in [4.78, 5) is 2.34. The molecule has 0 spiro atoms. The molecule has 0 radical (unpaired) electrons. The van der Waals surface area contributed by atoms with Gasteiger partial charge in [0.05, 0.1) is 12.8 Å². The van der Waals surface area contributed by atoms with Crippen molar-refractivity contribution >= 4 is 29.2 Å². The van der Waals surface area contributed by atoms with Gasteiger partial charge in [0.1, 0.15) is 0 Å². The summed E-state index contributed by atoms with van der Waals surface area (Å²) in [6, 6.07) is 18.8. The van der Waals surface area contributed by atoms with E-state index in [0.29, 0.717) is 18.3 Å². The van der Waals surface area contributed by atoms with Crippen molar-refractivity contribution in [2.75, 3.05) is 31.7 Å². The molecule has 5 nitrogen and oxygen atoms in total. The first kappa shape index (κ1) is 19.9. The van der Waals surface area contributed by atoms with Gasteiger partial charge in [0.2, 0.25) is 0 Å². The van der Waals surface area contributed by atoms with Crippen molar-refractivity contribution in [3.05, 3.63) is 65.7 Å². The Balaban J connectivity index is 1.88. The van der Waals surface area contributed by atoms with Crippen LogP contribution in [0.1, 0.15) is 18.1 Å². The molecule has 0 bridgehead atoms. The molecule has 0 aromatic heterocycles. The Hall–Kier alpha value is -2.44. The second-order valence-corrected chi connectivity index (χ2v) is 6.12. The number of anilines is 1. The first-order chi connectivity index (χ1) is 12.7. The van der Waals surface area contributed by atoms with E-state index in [4.69, 9.17) is 17.0 Å². The molecule has 0 amide bonds. The van der Waals surface area contributed by atoms with Crippen molar-refractivity contribution in [3.8, 4) is 0 Å². The molecule has 138 valence electrons. The molecule has 2 N–H and O–H groups in total. The van der Waals surface area contributed by atoms with E-state index in [2.05, 4.69) is 76.2 Å². The first-order valence-corrected chi connectivity index (χ1v) is 9.08. The quantitative estimate of drug-likeness (QED) is 0.307. The van der Waals surface area contributed by atoms with Gasteiger partial charge in [-0.15, -0.1) is 0 Å². The maximum absolute atomic E-state index is 5.12. The highest BCUT2D eigenvalue weighted by molar-refractivity contribution is 7.80. The molecule has 0 heterocycles. The predicted molar refractivity (Wildman–Crippen MR) is 113 cm³/mol. The molecule has 0 saturated carbocycles. The largest absolute Gasteiger partial charge is 0.383 e. The summed E-state index contributed by atoms with van der Waals surface area (Å²) in [5, 5.41) is 7.63. The number of ether oxygens (including phenoxy) is 1. The van der Waals surface area contributed by atoms with Crippen LogP contribution in [-0.2, 0) is 11.3 Å². The minimum absolute atomic E-state index is 0.481. The van der Waals surface area contributed by atoms with Gasteiger partial charge in [-0.1, -0.05) is 42.5 Å². The van der Waals surface area contributed by atoms with E-state index >= 15 is 0 Å². The second-order valence-electron chi connectivity index (χ2n) is 5.71. The van der Waals surface area contributed by atoms with Gasteiger partial charge in [-0.25, -0.2) is 0 Å². The minimum atomic E-state index is 0.481. The summed E-state index contributed by atoms with van der Waals surface area (Å²) < 4.78 is 4.95. The molecule has 0 saturated heterocycles. The van der Waals surface area contributed by atoms with Crippen molar-refractivity contribution in [1.82, 2.24) is 10.7 Å². The van der Waals surface area contributed by atoms with Crippen molar-refractivity contribution < 1.29 is 4.74 Å². The van der Waals surface area contributed by atoms with Crippen LogP contribution in [0.3, 0.4) is 0 Å². The Labute approximate surface area is 161 Å². The normalized spacial score (nSPS) is 10.7. The molecule has 2 rings (SSSR count). The van der Waals surface area contributed by atoms with E-state index < -0.39 is 0 Å². The monoisotopic (exact) mass is 370 g/mol. The van der Waals surface area contributed by atoms with Crippen molar-refractivity contribution in [3.63, 3.8) is 0 Å². The fourth-order valence-electron chi connectivity index (χ4n) is 2.43. The molecule has 0 unspecified atom stereocenters. The lowest BCUT2D eigenvalue weighted by molar-refractivity contribution is 0.204. The highest BCUT2D eigenvalue weighted by Gasteiger charge is 2.05. The van der Waals surface area contributed by atoms with Crippen LogP contribution in [0.15, 0.2) is 59.7 Å². The number of rotatable bonds is 9. The van der Waals surface area contributed by atoms with Crippen LogP contribution < -0.4 is 15.6 Å². The van der Waals surface area contributed by atoms with E-state index in [1.807, 2.05) is 6.07 Å². The van der Waals surface area contributed by atoms with Crippen LogP contribution in [0.25, 0.3) is 0 Å². The zero-order chi connectivity index (χ0) is 18.6. The van der Waals surface area contributed by atoms with E-state index in [1.54, 1.807) is 13.3 Å². The number of thiocarbonyl (C=S) groups is 1. The number of benzene rings is 2. The zero-order valence-corrected chi connectivity index (χ0v) is 16.1. The van der Waals surface area contributed by atoms with Crippen LogP contribution in [-0.4, -0.2) is 38.1 Å². The number of hydrogen-bond donors (Lipinski definition) is 2. The smallest absolute Gasteiger partial charge is 0.187 e. The molecule has 0 atom stereocenters. The molecular weight excluding hydrogens is 344 g/mol. The van der Waals surface area contributed by atoms with E-state index in [1.165, 1.54) is 11.3 Å². The first-order valence-electron chi connectivity index (χ1n) is 8.67. The number of hydrazone groups is 1. The third-order valence-corrected chi connectivity index (χ3v) is 4.06. The third-order valence-electron chi connectivity index (χ3n) is 3.83. The summed E-state index contributed by atoms with van der Waals surface area (Å²) in [6.07, 6.45) is 1.75. The Morgan fingerprint density at radius 1 is 1.15 bits per heavy atom. The lowest BCUT2D eigenvalue weighted by Gasteiger charge is -2.23. The molecule has 0 aliphatic heterocycles. The number of nitrogens with zero attached hydrogens (tertiary/aromatic N) is 2. The summed E-state index contributed by atoms with van der Waals surface area (Å²) in [5.41, 5.74) is 6.30. The van der Waals surface area contributed by atoms with E-state index in [0.717, 1.165) is 18.7 Å². The van der Waals surface area contributed by atoms with Crippen molar-refractivity contribution in [1.29, 1.82) is 0 Å². The predicted octanol–water partition coefficient (Wildman–Crippen LogP) is 3.16. The Morgan fingerprint density at radius 3 is 2.54 bits per heavy atom. The van der Waals surface area contributed by atoms with Gasteiger partial charge < -0.3 is 15.0 Å². The van der Waals surface area contributed by atoms with Gasteiger partial charge in [0, 0.05) is 32.4 Å². The molecule has 0 fully saturated rings. The maximum atomic E-state index is 5.12. The topological polar surface area (TPSA) is 48.9 Å². The SMILES string of the molecule is CCN(Cc1ccccc1)c1ccc(C=NNC(=S)NCCOC)cc1. The molecule has 6 heteroatoms. The minimum Gasteiger partial charge on any atom is -0.383 e. The lowest BCUT2D eigenvalue weighted by atomic mass is 10.1. The third kappa shape index (κ3) is 6.82. The Bertz CT molecular complexity index is 689. The molecule has 26 heavy (non-hydrogen) atoms.